The van der Waals surface area contributed by atoms with Gasteiger partial charge in [0.1, 0.15) is 12.0 Å². The number of aromatic amines is 1. The van der Waals surface area contributed by atoms with Crippen LogP contribution in [0, 0.1) is 0 Å². The van der Waals surface area contributed by atoms with Crippen molar-refractivity contribution in [1.82, 2.24) is 29.5 Å². The predicted octanol–water partition coefficient (Wildman–Crippen LogP) is 3.19. The molecule has 30 heavy (non-hydrogen) atoms. The Balaban J connectivity index is 1.31. The zero-order valence-electron chi connectivity index (χ0n) is 16.8. The van der Waals surface area contributed by atoms with Gasteiger partial charge in [0.25, 0.3) is 0 Å². The summed E-state index contributed by atoms with van der Waals surface area (Å²) in [5.41, 5.74) is 3.65. The molecule has 0 aromatic carbocycles. The maximum Gasteiger partial charge on any atom is 0.228 e. The van der Waals surface area contributed by atoms with Crippen molar-refractivity contribution in [2.75, 3.05) is 19.0 Å². The molecule has 1 saturated heterocycles. The highest BCUT2D eigenvalue weighted by Crippen LogP contribution is 2.41. The lowest BCUT2D eigenvalue weighted by Gasteiger charge is -2.46. The van der Waals surface area contributed by atoms with Crippen LogP contribution in [0.5, 0.6) is 5.88 Å². The molecule has 9 nitrogen and oxygen atoms in total. The first-order valence-electron chi connectivity index (χ1n) is 10.4. The Morgan fingerprint density at radius 1 is 1.23 bits per heavy atom. The van der Waals surface area contributed by atoms with E-state index in [1.807, 2.05) is 24.5 Å². The molecule has 1 saturated carbocycles. The number of nitrogens with one attached hydrogen (secondary N) is 2. The predicted molar refractivity (Wildman–Crippen MR) is 112 cm³/mol. The topological polar surface area (TPSA) is 102 Å². The summed E-state index contributed by atoms with van der Waals surface area (Å²) in [7, 11) is 1.64. The molecule has 0 atom stereocenters. The largest absolute Gasteiger partial charge is 0.480 e. The normalized spacial score (nSPS) is 23.7. The molecular formula is C21H23N7O2. The maximum atomic E-state index is 5.82. The summed E-state index contributed by atoms with van der Waals surface area (Å²) in [6.45, 7) is 0.911. The van der Waals surface area contributed by atoms with E-state index in [9.17, 15) is 0 Å². The molecule has 0 bridgehead atoms. The number of nitrogens with zero attached hydrogens (tertiary/aromatic N) is 5. The van der Waals surface area contributed by atoms with Crippen molar-refractivity contribution in [2.45, 2.75) is 43.7 Å². The van der Waals surface area contributed by atoms with Crippen LogP contribution < -0.4 is 10.1 Å². The molecule has 1 aliphatic carbocycles. The minimum Gasteiger partial charge on any atom is -0.480 e. The number of H-pyrrole nitrogens is 1. The maximum absolute atomic E-state index is 5.82. The monoisotopic (exact) mass is 405 g/mol. The summed E-state index contributed by atoms with van der Waals surface area (Å²) in [5.74, 6) is 1.14. The lowest BCUT2D eigenvalue weighted by molar-refractivity contribution is -0.165. The lowest BCUT2D eigenvalue weighted by atomic mass is 9.77. The first-order chi connectivity index (χ1) is 14.7. The summed E-state index contributed by atoms with van der Waals surface area (Å²) in [6.07, 6.45) is 10.9. The van der Waals surface area contributed by atoms with Crippen molar-refractivity contribution in [2.24, 2.45) is 0 Å². The van der Waals surface area contributed by atoms with Crippen LogP contribution in [0.2, 0.25) is 0 Å². The van der Waals surface area contributed by atoms with Crippen LogP contribution in [0.15, 0.2) is 30.9 Å². The van der Waals surface area contributed by atoms with Crippen LogP contribution >= 0.6 is 0 Å². The quantitative estimate of drug-likeness (QED) is 0.537. The Morgan fingerprint density at radius 2 is 2.10 bits per heavy atom. The summed E-state index contributed by atoms with van der Waals surface area (Å²) in [5, 5.41) is 8.58. The molecule has 2 N–H and O–H groups in total. The van der Waals surface area contributed by atoms with Crippen molar-refractivity contribution in [3.8, 4) is 17.0 Å². The highest BCUT2D eigenvalue weighted by Gasteiger charge is 2.41. The minimum absolute atomic E-state index is 0.153. The molecule has 2 aliphatic rings. The molecule has 2 fully saturated rings. The first kappa shape index (κ1) is 17.6. The molecule has 0 amide bonds. The third-order valence-corrected chi connectivity index (χ3v) is 6.47. The van der Waals surface area contributed by atoms with Crippen molar-refractivity contribution >= 4 is 22.6 Å². The second-order valence-corrected chi connectivity index (χ2v) is 8.16. The van der Waals surface area contributed by atoms with Gasteiger partial charge in [-0.1, -0.05) is 0 Å². The van der Waals surface area contributed by atoms with Gasteiger partial charge in [0.2, 0.25) is 11.8 Å². The van der Waals surface area contributed by atoms with E-state index in [1.165, 1.54) is 6.42 Å². The van der Waals surface area contributed by atoms with Crippen molar-refractivity contribution in [3.63, 3.8) is 0 Å². The van der Waals surface area contributed by atoms with Gasteiger partial charge in [0, 0.05) is 29.6 Å². The summed E-state index contributed by atoms with van der Waals surface area (Å²) >= 11 is 0. The van der Waals surface area contributed by atoms with Gasteiger partial charge in [-0.05, 0) is 44.2 Å². The van der Waals surface area contributed by atoms with E-state index < -0.39 is 0 Å². The van der Waals surface area contributed by atoms with Crippen molar-refractivity contribution in [3.05, 3.63) is 30.9 Å². The highest BCUT2D eigenvalue weighted by molar-refractivity contribution is 5.97. The van der Waals surface area contributed by atoms with Crippen LogP contribution in [-0.4, -0.2) is 54.9 Å². The first-order valence-corrected chi connectivity index (χ1v) is 10.4. The minimum atomic E-state index is 0.153. The Bertz CT molecular complexity index is 1220. The Hall–Kier alpha value is -3.20. The molecule has 6 rings (SSSR count). The third-order valence-electron chi connectivity index (χ3n) is 6.47. The average molecular weight is 405 g/mol. The molecule has 1 spiro atoms. The number of ether oxygens (including phenoxy) is 2. The molecular weight excluding hydrogens is 382 g/mol. The van der Waals surface area contributed by atoms with Crippen LogP contribution in [0.4, 0.5) is 5.95 Å². The van der Waals surface area contributed by atoms with Crippen molar-refractivity contribution < 1.29 is 9.47 Å². The smallest absolute Gasteiger partial charge is 0.228 e. The van der Waals surface area contributed by atoms with Crippen LogP contribution in [0.3, 0.4) is 0 Å². The van der Waals surface area contributed by atoms with E-state index >= 15 is 0 Å². The molecule has 9 heteroatoms. The summed E-state index contributed by atoms with van der Waals surface area (Å²) in [6, 6.07) is 4.30. The van der Waals surface area contributed by atoms with Gasteiger partial charge in [-0.3, -0.25) is 0 Å². The summed E-state index contributed by atoms with van der Waals surface area (Å²) in [4.78, 5) is 16.9. The van der Waals surface area contributed by atoms with E-state index in [0.29, 0.717) is 17.9 Å². The second kappa shape index (κ2) is 6.66. The Morgan fingerprint density at radius 3 is 2.87 bits per heavy atom. The van der Waals surface area contributed by atoms with E-state index in [-0.39, 0.29) is 5.60 Å². The van der Waals surface area contributed by atoms with Crippen LogP contribution in [-0.2, 0) is 4.74 Å². The number of pyridine rings is 1. The SMILES string of the molecule is COc1nc(NC2CCC3(CCO3)CC2)nc2[nH]cc(-c3ccc4ncnn4c3)c12. The molecule has 4 aromatic rings. The Labute approximate surface area is 172 Å². The number of hydrogen-bond donors (Lipinski definition) is 2. The van der Waals surface area contributed by atoms with Crippen LogP contribution in [0.25, 0.3) is 27.8 Å². The van der Waals surface area contributed by atoms with Gasteiger partial charge in [0.05, 0.1) is 24.7 Å². The van der Waals surface area contributed by atoms with Gasteiger partial charge in [-0.15, -0.1) is 0 Å². The lowest BCUT2D eigenvalue weighted by Crippen LogP contribution is -2.48. The third kappa shape index (κ3) is 2.80. The van der Waals surface area contributed by atoms with E-state index in [2.05, 4.69) is 25.4 Å². The fourth-order valence-electron chi connectivity index (χ4n) is 4.67. The fourth-order valence-corrected chi connectivity index (χ4v) is 4.67. The summed E-state index contributed by atoms with van der Waals surface area (Å²) < 4.78 is 13.2. The van der Waals surface area contributed by atoms with E-state index in [1.54, 1.807) is 18.0 Å². The standard InChI is InChI=1S/C21H23N7O2/c1-29-19-17-15(13-2-3-16-23-12-24-28(16)11-13)10-22-18(17)26-20(27-19)25-14-4-6-21(7-5-14)8-9-30-21/h2-3,10-12,14H,4-9H2,1H3,(H2,22,25,26,27). The molecule has 0 unspecified atom stereocenters. The number of rotatable bonds is 4. The van der Waals surface area contributed by atoms with E-state index in [4.69, 9.17) is 14.5 Å². The fraction of sp³-hybridized carbons (Fsp3) is 0.429. The van der Waals surface area contributed by atoms with Crippen molar-refractivity contribution in [1.29, 1.82) is 0 Å². The number of fused-ring (bicyclic) bond motifs is 2. The zero-order valence-corrected chi connectivity index (χ0v) is 16.8. The second-order valence-electron chi connectivity index (χ2n) is 8.16. The molecule has 1 aliphatic heterocycles. The molecule has 5 heterocycles. The van der Waals surface area contributed by atoms with Gasteiger partial charge in [-0.25, -0.2) is 9.50 Å². The number of methoxy groups -OCH3 is 1. The van der Waals surface area contributed by atoms with E-state index in [0.717, 1.165) is 60.1 Å². The van der Waals surface area contributed by atoms with Gasteiger partial charge >= 0.3 is 0 Å². The molecule has 0 radical (unpaired) electrons. The average Bonchev–Trinajstić information content (AvgIpc) is 3.39. The Kier molecular flexibility index (Phi) is 3.92. The molecule has 4 aromatic heterocycles. The van der Waals surface area contributed by atoms with Crippen LogP contribution in [0.1, 0.15) is 32.1 Å². The number of anilines is 1. The number of hydrogen-bond acceptors (Lipinski definition) is 7. The molecule has 154 valence electrons. The van der Waals surface area contributed by atoms with Gasteiger partial charge < -0.3 is 19.8 Å². The van der Waals surface area contributed by atoms with Gasteiger partial charge in [-0.2, -0.15) is 15.1 Å². The van der Waals surface area contributed by atoms with Gasteiger partial charge in [0.15, 0.2) is 5.65 Å². The highest BCUT2D eigenvalue weighted by atomic mass is 16.5. The number of aromatic nitrogens is 6. The zero-order chi connectivity index (χ0) is 20.1.